The van der Waals surface area contributed by atoms with Crippen molar-refractivity contribution in [1.29, 1.82) is 0 Å². The smallest absolute Gasteiger partial charge is 0.407 e. The average molecular weight is 265 g/mol. The lowest BCUT2D eigenvalue weighted by Gasteiger charge is -2.20. The SMILES string of the molecule is CNC(=O)OC(C)C(C)OC(=O)Cc1ccccc1. The minimum atomic E-state index is -0.543. The maximum atomic E-state index is 11.7. The molecule has 0 aromatic heterocycles. The molecule has 2 atom stereocenters. The molecule has 0 saturated heterocycles. The highest BCUT2D eigenvalue weighted by Crippen LogP contribution is 2.07. The Kier molecular flexibility index (Phi) is 5.85. The van der Waals surface area contributed by atoms with Crippen molar-refractivity contribution in [2.24, 2.45) is 0 Å². The van der Waals surface area contributed by atoms with Crippen LogP contribution in [0.4, 0.5) is 4.79 Å². The molecule has 0 aliphatic rings. The van der Waals surface area contributed by atoms with Gasteiger partial charge in [0.05, 0.1) is 6.42 Å². The van der Waals surface area contributed by atoms with Crippen LogP contribution in [0.5, 0.6) is 0 Å². The van der Waals surface area contributed by atoms with Crippen LogP contribution in [0.3, 0.4) is 0 Å². The van der Waals surface area contributed by atoms with Crippen LogP contribution in [-0.2, 0) is 20.7 Å². The average Bonchev–Trinajstić information content (AvgIpc) is 2.39. The summed E-state index contributed by atoms with van der Waals surface area (Å²) in [5.41, 5.74) is 0.888. The molecule has 0 bridgehead atoms. The molecule has 0 heterocycles. The fourth-order valence-electron chi connectivity index (χ4n) is 1.43. The normalized spacial score (nSPS) is 13.2. The first kappa shape index (κ1) is 15.0. The predicted molar refractivity (Wildman–Crippen MR) is 70.7 cm³/mol. The van der Waals surface area contributed by atoms with E-state index in [0.717, 1.165) is 5.56 Å². The van der Waals surface area contributed by atoms with E-state index in [1.165, 1.54) is 7.05 Å². The van der Waals surface area contributed by atoms with E-state index in [0.29, 0.717) is 0 Å². The number of nitrogens with one attached hydrogen (secondary N) is 1. The molecule has 0 aliphatic heterocycles. The Morgan fingerprint density at radius 2 is 1.68 bits per heavy atom. The topological polar surface area (TPSA) is 64.6 Å². The van der Waals surface area contributed by atoms with Crippen molar-refractivity contribution in [2.75, 3.05) is 7.05 Å². The first-order valence-electron chi connectivity index (χ1n) is 6.14. The molecule has 1 rings (SSSR count). The first-order chi connectivity index (χ1) is 9.02. The number of carbonyl (C=O) groups excluding carboxylic acids is 2. The summed E-state index contributed by atoms with van der Waals surface area (Å²) in [4.78, 5) is 22.7. The zero-order valence-corrected chi connectivity index (χ0v) is 11.4. The van der Waals surface area contributed by atoms with Crippen LogP contribution < -0.4 is 5.32 Å². The number of carbonyl (C=O) groups is 2. The van der Waals surface area contributed by atoms with E-state index in [-0.39, 0.29) is 12.4 Å². The van der Waals surface area contributed by atoms with Crippen LogP contribution >= 0.6 is 0 Å². The fourth-order valence-corrected chi connectivity index (χ4v) is 1.43. The highest BCUT2D eigenvalue weighted by Gasteiger charge is 2.20. The molecule has 5 heteroatoms. The first-order valence-corrected chi connectivity index (χ1v) is 6.14. The molecular formula is C14H19NO4. The minimum Gasteiger partial charge on any atom is -0.458 e. The maximum absolute atomic E-state index is 11.7. The second kappa shape index (κ2) is 7.41. The van der Waals surface area contributed by atoms with Crippen LogP contribution in [0, 0.1) is 0 Å². The molecule has 19 heavy (non-hydrogen) atoms. The van der Waals surface area contributed by atoms with Gasteiger partial charge in [-0.1, -0.05) is 30.3 Å². The summed E-state index contributed by atoms with van der Waals surface area (Å²) in [6.07, 6.45) is -1.33. The van der Waals surface area contributed by atoms with Crippen LogP contribution in [-0.4, -0.2) is 31.3 Å². The molecule has 1 aromatic rings. The van der Waals surface area contributed by atoms with Gasteiger partial charge in [-0.05, 0) is 19.4 Å². The molecule has 0 spiro atoms. The largest absolute Gasteiger partial charge is 0.458 e. The van der Waals surface area contributed by atoms with Crippen LogP contribution in [0.1, 0.15) is 19.4 Å². The third-order valence-corrected chi connectivity index (χ3v) is 2.67. The van der Waals surface area contributed by atoms with Crippen molar-refractivity contribution in [1.82, 2.24) is 5.32 Å². The Balaban J connectivity index is 2.41. The molecular weight excluding hydrogens is 246 g/mol. The van der Waals surface area contributed by atoms with Crippen LogP contribution in [0.15, 0.2) is 30.3 Å². The van der Waals surface area contributed by atoms with Gasteiger partial charge < -0.3 is 14.8 Å². The molecule has 2 unspecified atom stereocenters. The van der Waals surface area contributed by atoms with Gasteiger partial charge >= 0.3 is 12.1 Å². The molecule has 5 nitrogen and oxygen atoms in total. The summed E-state index contributed by atoms with van der Waals surface area (Å²) < 4.78 is 10.2. The second-order valence-corrected chi connectivity index (χ2v) is 4.22. The van der Waals surface area contributed by atoms with Gasteiger partial charge in [-0.25, -0.2) is 4.79 Å². The van der Waals surface area contributed by atoms with Gasteiger partial charge in [0.2, 0.25) is 0 Å². The Morgan fingerprint density at radius 3 is 2.26 bits per heavy atom. The Labute approximate surface area is 112 Å². The van der Waals surface area contributed by atoms with Gasteiger partial charge in [0.1, 0.15) is 12.2 Å². The third kappa shape index (κ3) is 5.42. The number of amides is 1. The van der Waals surface area contributed by atoms with Crippen LogP contribution in [0.2, 0.25) is 0 Å². The van der Waals surface area contributed by atoms with Gasteiger partial charge in [0, 0.05) is 7.05 Å². The second-order valence-electron chi connectivity index (χ2n) is 4.22. The third-order valence-electron chi connectivity index (χ3n) is 2.67. The lowest BCUT2D eigenvalue weighted by molar-refractivity contribution is -0.152. The number of benzene rings is 1. The fraction of sp³-hybridized carbons (Fsp3) is 0.429. The molecule has 1 N–H and O–H groups in total. The number of alkyl carbamates (subject to hydrolysis) is 1. The number of hydrogen-bond donors (Lipinski definition) is 1. The lowest BCUT2D eigenvalue weighted by atomic mass is 10.1. The molecule has 0 radical (unpaired) electrons. The predicted octanol–water partition coefficient (Wildman–Crippen LogP) is 1.91. The van der Waals surface area contributed by atoms with E-state index in [1.807, 2.05) is 30.3 Å². The van der Waals surface area contributed by atoms with Gasteiger partial charge in [-0.2, -0.15) is 0 Å². The summed E-state index contributed by atoms with van der Waals surface area (Å²) in [7, 11) is 1.47. The summed E-state index contributed by atoms with van der Waals surface area (Å²) in [5, 5.41) is 2.34. The molecule has 0 aliphatic carbocycles. The van der Waals surface area contributed by atoms with Crippen LogP contribution in [0.25, 0.3) is 0 Å². The van der Waals surface area contributed by atoms with Gasteiger partial charge in [0.25, 0.3) is 0 Å². The highest BCUT2D eigenvalue weighted by molar-refractivity contribution is 5.72. The van der Waals surface area contributed by atoms with Gasteiger partial charge in [-0.3, -0.25) is 4.79 Å². The van der Waals surface area contributed by atoms with E-state index in [1.54, 1.807) is 13.8 Å². The van der Waals surface area contributed by atoms with Gasteiger partial charge in [-0.15, -0.1) is 0 Å². The molecule has 1 amide bonds. The van der Waals surface area contributed by atoms with E-state index in [4.69, 9.17) is 9.47 Å². The summed E-state index contributed by atoms with van der Waals surface area (Å²) in [6, 6.07) is 9.33. The monoisotopic (exact) mass is 265 g/mol. The molecule has 1 aromatic carbocycles. The zero-order chi connectivity index (χ0) is 14.3. The quantitative estimate of drug-likeness (QED) is 0.826. The van der Waals surface area contributed by atoms with Crippen molar-refractivity contribution < 1.29 is 19.1 Å². The van der Waals surface area contributed by atoms with Crippen molar-refractivity contribution in [3.05, 3.63) is 35.9 Å². The van der Waals surface area contributed by atoms with E-state index >= 15 is 0 Å². The standard InChI is InChI=1S/C14H19NO4/c1-10(11(2)19-14(17)15-3)18-13(16)9-12-7-5-4-6-8-12/h4-8,10-11H,9H2,1-3H3,(H,15,17). The Hall–Kier alpha value is -2.04. The van der Waals surface area contributed by atoms with Crippen molar-refractivity contribution >= 4 is 12.1 Å². The van der Waals surface area contributed by atoms with Crippen molar-refractivity contribution in [3.8, 4) is 0 Å². The molecule has 0 fully saturated rings. The zero-order valence-electron chi connectivity index (χ0n) is 11.4. The van der Waals surface area contributed by atoms with E-state index in [9.17, 15) is 9.59 Å². The van der Waals surface area contributed by atoms with Crippen molar-refractivity contribution in [2.45, 2.75) is 32.5 Å². The summed E-state index contributed by atoms with van der Waals surface area (Å²) >= 11 is 0. The highest BCUT2D eigenvalue weighted by atomic mass is 16.6. The Bertz CT molecular complexity index is 419. The summed E-state index contributed by atoms with van der Waals surface area (Å²) in [6.45, 7) is 3.37. The van der Waals surface area contributed by atoms with E-state index < -0.39 is 18.3 Å². The minimum absolute atomic E-state index is 0.206. The van der Waals surface area contributed by atoms with E-state index in [2.05, 4.69) is 5.32 Å². The number of esters is 1. The molecule has 0 saturated carbocycles. The number of rotatable bonds is 5. The van der Waals surface area contributed by atoms with Gasteiger partial charge in [0.15, 0.2) is 0 Å². The Morgan fingerprint density at radius 1 is 1.11 bits per heavy atom. The number of ether oxygens (including phenoxy) is 2. The lowest BCUT2D eigenvalue weighted by Crippen LogP contribution is -2.34. The summed E-state index contributed by atoms with van der Waals surface area (Å²) in [5.74, 6) is -0.342. The van der Waals surface area contributed by atoms with Crippen molar-refractivity contribution in [3.63, 3.8) is 0 Å². The maximum Gasteiger partial charge on any atom is 0.407 e. The number of hydrogen-bond acceptors (Lipinski definition) is 4. The molecule has 104 valence electrons.